The summed E-state index contributed by atoms with van der Waals surface area (Å²) in [6, 6.07) is 6.71. The second-order valence-corrected chi connectivity index (χ2v) is 4.92. The standard InChI is InChI=1S/C14H19N/c1-5-6-11-7-8-13-12(9-11)14(3,4)10(2)15-13/h7-9H,5-6H2,1-4H3. The summed E-state index contributed by atoms with van der Waals surface area (Å²) in [6.07, 6.45) is 2.38. The largest absolute Gasteiger partial charge is 0.257 e. The minimum Gasteiger partial charge on any atom is -0.257 e. The Balaban J connectivity index is 2.46. The van der Waals surface area contributed by atoms with Crippen LogP contribution in [0.15, 0.2) is 23.2 Å². The topological polar surface area (TPSA) is 12.4 Å². The molecule has 0 unspecified atom stereocenters. The monoisotopic (exact) mass is 201 g/mol. The predicted molar refractivity (Wildman–Crippen MR) is 66.2 cm³/mol. The minimum absolute atomic E-state index is 0.124. The molecule has 1 heterocycles. The van der Waals surface area contributed by atoms with Gasteiger partial charge in [0.15, 0.2) is 0 Å². The second-order valence-electron chi connectivity index (χ2n) is 4.92. The van der Waals surface area contributed by atoms with E-state index in [-0.39, 0.29) is 5.41 Å². The first kappa shape index (κ1) is 10.4. The molecule has 15 heavy (non-hydrogen) atoms. The molecule has 1 aromatic carbocycles. The van der Waals surface area contributed by atoms with Gasteiger partial charge in [0.1, 0.15) is 0 Å². The van der Waals surface area contributed by atoms with Crippen molar-refractivity contribution in [2.24, 2.45) is 4.99 Å². The molecule has 0 saturated carbocycles. The van der Waals surface area contributed by atoms with E-state index in [9.17, 15) is 0 Å². The van der Waals surface area contributed by atoms with Crippen molar-refractivity contribution in [3.05, 3.63) is 29.3 Å². The Bertz CT molecular complexity index is 413. The molecule has 0 aromatic heterocycles. The highest BCUT2D eigenvalue weighted by molar-refractivity contribution is 5.99. The zero-order valence-electron chi connectivity index (χ0n) is 10.1. The number of benzene rings is 1. The van der Waals surface area contributed by atoms with Gasteiger partial charge in [-0.15, -0.1) is 0 Å². The summed E-state index contributed by atoms with van der Waals surface area (Å²) in [5, 5.41) is 0. The molecule has 1 heteroatoms. The van der Waals surface area contributed by atoms with Crippen molar-refractivity contribution in [1.29, 1.82) is 0 Å². The van der Waals surface area contributed by atoms with Gasteiger partial charge in [0.25, 0.3) is 0 Å². The summed E-state index contributed by atoms with van der Waals surface area (Å²) in [6.45, 7) is 8.86. The first-order chi connectivity index (χ1) is 7.05. The summed E-state index contributed by atoms with van der Waals surface area (Å²) < 4.78 is 0. The second kappa shape index (κ2) is 3.48. The van der Waals surface area contributed by atoms with Crippen molar-refractivity contribution in [1.82, 2.24) is 0 Å². The third kappa shape index (κ3) is 1.60. The van der Waals surface area contributed by atoms with Gasteiger partial charge in [0, 0.05) is 11.1 Å². The maximum atomic E-state index is 4.62. The smallest absolute Gasteiger partial charge is 0.0670 e. The van der Waals surface area contributed by atoms with Gasteiger partial charge in [-0.2, -0.15) is 0 Å². The van der Waals surface area contributed by atoms with Crippen molar-refractivity contribution in [2.45, 2.75) is 46.0 Å². The maximum absolute atomic E-state index is 4.62. The summed E-state index contributed by atoms with van der Waals surface area (Å²) in [5.41, 5.74) is 5.35. The number of rotatable bonds is 2. The molecule has 2 rings (SSSR count). The fourth-order valence-electron chi connectivity index (χ4n) is 2.14. The number of hydrogen-bond acceptors (Lipinski definition) is 1. The first-order valence-electron chi connectivity index (χ1n) is 5.75. The molecular weight excluding hydrogens is 182 g/mol. The molecule has 0 aliphatic carbocycles. The fraction of sp³-hybridized carbons (Fsp3) is 0.500. The van der Waals surface area contributed by atoms with Crippen LogP contribution >= 0.6 is 0 Å². The van der Waals surface area contributed by atoms with Gasteiger partial charge >= 0.3 is 0 Å². The van der Waals surface area contributed by atoms with E-state index < -0.39 is 0 Å². The van der Waals surface area contributed by atoms with E-state index in [0.29, 0.717) is 0 Å². The zero-order chi connectivity index (χ0) is 11.1. The highest BCUT2D eigenvalue weighted by atomic mass is 14.8. The molecule has 1 aliphatic heterocycles. The van der Waals surface area contributed by atoms with Crippen molar-refractivity contribution in [2.75, 3.05) is 0 Å². The number of fused-ring (bicyclic) bond motifs is 1. The lowest BCUT2D eigenvalue weighted by Crippen LogP contribution is -2.22. The van der Waals surface area contributed by atoms with Crippen LogP contribution < -0.4 is 0 Å². The first-order valence-corrected chi connectivity index (χ1v) is 5.75. The van der Waals surface area contributed by atoms with Crippen molar-refractivity contribution >= 4 is 11.4 Å². The third-order valence-electron chi connectivity index (χ3n) is 3.47. The van der Waals surface area contributed by atoms with Crippen LogP contribution in [0, 0.1) is 0 Å². The number of aryl methyl sites for hydroxylation is 1. The van der Waals surface area contributed by atoms with Crippen molar-refractivity contribution in [3.8, 4) is 0 Å². The average Bonchev–Trinajstić information content (AvgIpc) is 2.40. The molecule has 0 amide bonds. The quantitative estimate of drug-likeness (QED) is 0.685. The highest BCUT2D eigenvalue weighted by Crippen LogP contribution is 2.40. The van der Waals surface area contributed by atoms with Gasteiger partial charge in [0.05, 0.1) is 5.69 Å². The summed E-state index contributed by atoms with van der Waals surface area (Å²) in [5.74, 6) is 0. The molecule has 1 nitrogen and oxygen atoms in total. The van der Waals surface area contributed by atoms with Crippen LogP contribution in [0.2, 0.25) is 0 Å². The Hall–Kier alpha value is -1.11. The van der Waals surface area contributed by atoms with E-state index >= 15 is 0 Å². The predicted octanol–water partition coefficient (Wildman–Crippen LogP) is 4.02. The van der Waals surface area contributed by atoms with E-state index in [0.717, 1.165) is 5.69 Å². The van der Waals surface area contributed by atoms with Gasteiger partial charge < -0.3 is 0 Å². The summed E-state index contributed by atoms with van der Waals surface area (Å²) >= 11 is 0. The van der Waals surface area contributed by atoms with E-state index in [1.165, 1.54) is 29.7 Å². The SMILES string of the molecule is CCCc1ccc2c(c1)C(C)(C)C(C)=N2. The van der Waals surface area contributed by atoms with Crippen LogP contribution in [0.4, 0.5) is 5.69 Å². The number of nitrogens with zero attached hydrogens (tertiary/aromatic N) is 1. The molecule has 0 saturated heterocycles. The van der Waals surface area contributed by atoms with Crippen LogP contribution in [0.5, 0.6) is 0 Å². The van der Waals surface area contributed by atoms with Gasteiger partial charge in [-0.3, -0.25) is 4.99 Å². The lowest BCUT2D eigenvalue weighted by molar-refractivity contribution is 0.730. The lowest BCUT2D eigenvalue weighted by Gasteiger charge is -2.20. The molecule has 0 bridgehead atoms. The van der Waals surface area contributed by atoms with Crippen LogP contribution in [0.3, 0.4) is 0 Å². The Morgan fingerprint density at radius 2 is 2.00 bits per heavy atom. The molecule has 80 valence electrons. The van der Waals surface area contributed by atoms with E-state index in [4.69, 9.17) is 0 Å². The van der Waals surface area contributed by atoms with Gasteiger partial charge in [-0.25, -0.2) is 0 Å². The maximum Gasteiger partial charge on any atom is 0.0670 e. The van der Waals surface area contributed by atoms with Crippen LogP contribution in [-0.2, 0) is 11.8 Å². The fourth-order valence-corrected chi connectivity index (χ4v) is 2.14. The van der Waals surface area contributed by atoms with Gasteiger partial charge in [-0.05, 0) is 30.5 Å². The minimum atomic E-state index is 0.124. The Morgan fingerprint density at radius 3 is 2.67 bits per heavy atom. The summed E-state index contributed by atoms with van der Waals surface area (Å²) in [7, 11) is 0. The average molecular weight is 201 g/mol. The third-order valence-corrected chi connectivity index (χ3v) is 3.47. The molecule has 0 radical (unpaired) electrons. The Labute approximate surface area is 92.2 Å². The zero-order valence-corrected chi connectivity index (χ0v) is 10.1. The van der Waals surface area contributed by atoms with Crippen LogP contribution in [-0.4, -0.2) is 5.71 Å². The number of aliphatic imine (C=N–C) groups is 1. The Kier molecular flexibility index (Phi) is 2.41. The molecule has 0 spiro atoms. The van der Waals surface area contributed by atoms with E-state index in [1.54, 1.807) is 0 Å². The molecule has 0 N–H and O–H groups in total. The van der Waals surface area contributed by atoms with Gasteiger partial charge in [-0.1, -0.05) is 39.3 Å². The molecule has 0 fully saturated rings. The lowest BCUT2D eigenvalue weighted by atomic mass is 9.81. The molecule has 0 atom stereocenters. The number of hydrogen-bond donors (Lipinski definition) is 0. The van der Waals surface area contributed by atoms with Crippen LogP contribution in [0.25, 0.3) is 0 Å². The Morgan fingerprint density at radius 1 is 1.27 bits per heavy atom. The van der Waals surface area contributed by atoms with Crippen LogP contribution in [0.1, 0.15) is 45.2 Å². The van der Waals surface area contributed by atoms with Crippen molar-refractivity contribution in [3.63, 3.8) is 0 Å². The molecule has 1 aliphatic rings. The molecular formula is C14H19N. The van der Waals surface area contributed by atoms with E-state index in [1.807, 2.05) is 0 Å². The van der Waals surface area contributed by atoms with Crippen molar-refractivity contribution < 1.29 is 0 Å². The summed E-state index contributed by atoms with van der Waals surface area (Å²) in [4.78, 5) is 4.62. The van der Waals surface area contributed by atoms with E-state index in [2.05, 4.69) is 50.9 Å². The molecule has 1 aromatic rings. The highest BCUT2D eigenvalue weighted by Gasteiger charge is 2.31. The van der Waals surface area contributed by atoms with Gasteiger partial charge in [0.2, 0.25) is 0 Å². The normalized spacial score (nSPS) is 17.5.